The highest BCUT2D eigenvalue weighted by Gasteiger charge is 2.27. The van der Waals surface area contributed by atoms with E-state index in [1.165, 1.54) is 12.0 Å². The van der Waals surface area contributed by atoms with Crippen molar-refractivity contribution in [1.29, 1.82) is 0 Å². The van der Waals surface area contributed by atoms with E-state index in [1.807, 2.05) is 25.1 Å². The number of hydrogen-bond donors (Lipinski definition) is 5. The number of rotatable bonds is 9. The Bertz CT molecular complexity index is 1270. The zero-order valence-corrected chi connectivity index (χ0v) is 22.4. The predicted molar refractivity (Wildman–Crippen MR) is 147 cm³/mol. The van der Waals surface area contributed by atoms with Gasteiger partial charge in [-0.1, -0.05) is 24.3 Å². The average Bonchev–Trinajstić information content (AvgIpc) is 3.17. The Morgan fingerprint density at radius 2 is 1.65 bits per heavy atom. The van der Waals surface area contributed by atoms with E-state index in [1.54, 1.807) is 29.2 Å². The van der Waals surface area contributed by atoms with Crippen LogP contribution in [0.2, 0.25) is 0 Å². The van der Waals surface area contributed by atoms with Crippen molar-refractivity contribution in [3.63, 3.8) is 0 Å². The number of nitrogens with zero attached hydrogens (tertiary/aromatic N) is 2. The molecular formula is C27H34N6O7. The van der Waals surface area contributed by atoms with Crippen molar-refractivity contribution >= 4 is 41.2 Å². The molecule has 1 aliphatic rings. The summed E-state index contributed by atoms with van der Waals surface area (Å²) >= 11 is 0. The van der Waals surface area contributed by atoms with Gasteiger partial charge in [-0.05, 0) is 42.7 Å². The molecule has 1 saturated heterocycles. The Morgan fingerprint density at radius 1 is 0.975 bits per heavy atom. The fourth-order valence-corrected chi connectivity index (χ4v) is 4.24. The maximum absolute atomic E-state index is 13.0. The Hall–Kier alpha value is -4.81. The number of hydrogen-bond acceptors (Lipinski definition) is 6. The lowest BCUT2D eigenvalue weighted by Gasteiger charge is -2.24. The molecule has 0 spiro atoms. The van der Waals surface area contributed by atoms with Crippen LogP contribution < -0.4 is 26.4 Å². The first kappa shape index (κ1) is 29.7. The van der Waals surface area contributed by atoms with E-state index in [-0.39, 0.29) is 25.4 Å². The number of methoxy groups -OCH3 is 1. The van der Waals surface area contributed by atoms with E-state index in [2.05, 4.69) is 16.0 Å². The van der Waals surface area contributed by atoms with Crippen LogP contribution in [-0.4, -0.2) is 84.1 Å². The van der Waals surface area contributed by atoms with Gasteiger partial charge in [0.15, 0.2) is 0 Å². The second-order valence-electron chi connectivity index (χ2n) is 9.34. The lowest BCUT2D eigenvalue weighted by molar-refractivity contribution is -0.141. The third-order valence-electron chi connectivity index (χ3n) is 6.40. The first-order valence-corrected chi connectivity index (χ1v) is 12.7. The van der Waals surface area contributed by atoms with Crippen LogP contribution >= 0.6 is 0 Å². The van der Waals surface area contributed by atoms with Crippen LogP contribution in [0, 0.1) is 6.92 Å². The molecule has 0 saturated carbocycles. The number of anilines is 2. The number of benzene rings is 2. The summed E-state index contributed by atoms with van der Waals surface area (Å²) in [6.07, 6.45) is 0.0570. The summed E-state index contributed by atoms with van der Waals surface area (Å²) in [5.41, 5.74) is 7.79. The van der Waals surface area contributed by atoms with Gasteiger partial charge in [0.2, 0.25) is 11.8 Å². The lowest BCUT2D eigenvalue weighted by Crippen LogP contribution is -2.50. The molecule has 13 nitrogen and oxygen atoms in total. The molecule has 6 N–H and O–H groups in total. The molecule has 0 radical (unpaired) electrons. The number of primary amides is 1. The van der Waals surface area contributed by atoms with Crippen molar-refractivity contribution in [3.8, 4) is 5.75 Å². The van der Waals surface area contributed by atoms with Crippen molar-refractivity contribution in [3.05, 3.63) is 53.6 Å². The fourth-order valence-electron chi connectivity index (χ4n) is 4.24. The Kier molecular flexibility index (Phi) is 10.3. The van der Waals surface area contributed by atoms with E-state index < -0.39 is 36.4 Å². The number of carbonyl (C=O) groups is 5. The summed E-state index contributed by atoms with van der Waals surface area (Å²) in [5, 5.41) is 17.1. The molecule has 0 aromatic heterocycles. The zero-order valence-electron chi connectivity index (χ0n) is 22.4. The van der Waals surface area contributed by atoms with E-state index in [0.29, 0.717) is 42.2 Å². The van der Waals surface area contributed by atoms with Crippen LogP contribution in [0.25, 0.3) is 0 Å². The van der Waals surface area contributed by atoms with Gasteiger partial charge in [0.1, 0.15) is 11.8 Å². The largest absolute Gasteiger partial charge is 0.495 e. The topological polar surface area (TPSA) is 183 Å². The molecule has 40 heavy (non-hydrogen) atoms. The van der Waals surface area contributed by atoms with E-state index in [0.717, 1.165) is 5.56 Å². The van der Waals surface area contributed by atoms with Crippen LogP contribution in [0.3, 0.4) is 0 Å². The molecule has 0 bridgehead atoms. The number of aryl methyl sites for hydroxylation is 1. The highest BCUT2D eigenvalue weighted by atomic mass is 16.5. The van der Waals surface area contributed by atoms with Crippen LogP contribution in [-0.2, 0) is 20.8 Å². The highest BCUT2D eigenvalue weighted by Crippen LogP contribution is 2.26. The molecule has 2 aromatic rings. The van der Waals surface area contributed by atoms with Gasteiger partial charge < -0.3 is 41.3 Å². The summed E-state index contributed by atoms with van der Waals surface area (Å²) in [6, 6.07) is 9.98. The number of aliphatic carboxylic acids is 1. The van der Waals surface area contributed by atoms with Gasteiger partial charge in [0.25, 0.3) is 0 Å². The van der Waals surface area contributed by atoms with Crippen LogP contribution in [0.4, 0.5) is 21.0 Å². The third-order valence-corrected chi connectivity index (χ3v) is 6.40. The zero-order chi connectivity index (χ0) is 29.2. The number of para-hydroxylation sites is 1. The summed E-state index contributed by atoms with van der Waals surface area (Å²) in [7, 11) is 1.47. The summed E-state index contributed by atoms with van der Waals surface area (Å²) in [6.45, 7) is 3.08. The SMILES string of the molecule is COc1cc(CC(=O)N2CCCN(C(=O)NC(CC(N)=O)C(=O)O)CC2)ccc1NC(=O)Nc1ccccc1C. The average molecular weight is 555 g/mol. The van der Waals surface area contributed by atoms with Gasteiger partial charge >= 0.3 is 18.0 Å². The third kappa shape index (κ3) is 8.35. The van der Waals surface area contributed by atoms with Gasteiger partial charge in [-0.2, -0.15) is 0 Å². The summed E-state index contributed by atoms with van der Waals surface area (Å²) in [4.78, 5) is 63.6. The minimum atomic E-state index is -1.42. The molecule has 3 rings (SSSR count). The van der Waals surface area contributed by atoms with E-state index >= 15 is 0 Å². The number of carboxylic acids is 1. The van der Waals surface area contributed by atoms with Crippen LogP contribution in [0.1, 0.15) is 24.0 Å². The summed E-state index contributed by atoms with van der Waals surface area (Å²) in [5.74, 6) is -1.96. The lowest BCUT2D eigenvalue weighted by atomic mass is 10.1. The van der Waals surface area contributed by atoms with Crippen molar-refractivity contribution in [2.24, 2.45) is 5.73 Å². The Labute approximate surface area is 231 Å². The molecule has 1 atom stereocenters. The number of carbonyl (C=O) groups excluding carboxylic acids is 4. The summed E-state index contributed by atoms with van der Waals surface area (Å²) < 4.78 is 5.43. The molecule has 1 heterocycles. The Balaban J connectivity index is 1.56. The number of amides is 6. The van der Waals surface area contributed by atoms with E-state index in [9.17, 15) is 29.1 Å². The van der Waals surface area contributed by atoms with Crippen LogP contribution in [0.15, 0.2) is 42.5 Å². The number of urea groups is 2. The van der Waals surface area contributed by atoms with Gasteiger partial charge in [0, 0.05) is 31.9 Å². The number of ether oxygens (including phenoxy) is 1. The maximum Gasteiger partial charge on any atom is 0.326 e. The van der Waals surface area contributed by atoms with E-state index in [4.69, 9.17) is 10.5 Å². The Morgan fingerprint density at radius 3 is 2.33 bits per heavy atom. The van der Waals surface area contributed by atoms with Crippen molar-refractivity contribution in [1.82, 2.24) is 15.1 Å². The normalized spacial score (nSPS) is 13.9. The van der Waals surface area contributed by atoms with Crippen LogP contribution in [0.5, 0.6) is 5.75 Å². The fraction of sp³-hybridized carbons (Fsp3) is 0.370. The molecule has 0 aliphatic carbocycles. The smallest absolute Gasteiger partial charge is 0.326 e. The standard InChI is InChI=1S/C27H34N6O7/c1-17-6-3-4-7-19(17)29-26(38)30-20-9-8-18(14-22(20)40-2)15-24(35)32-10-5-11-33(13-12-32)27(39)31-21(25(36)37)16-23(28)34/h3-4,6-9,14,21H,5,10-13,15-16H2,1-2H3,(H2,28,34)(H,31,39)(H,36,37)(H2,29,30,38). The molecule has 13 heteroatoms. The number of carboxylic acid groups (broad SMARTS) is 1. The van der Waals surface area contributed by atoms with Gasteiger partial charge in [-0.15, -0.1) is 0 Å². The van der Waals surface area contributed by atoms with Crippen molar-refractivity contribution in [2.45, 2.75) is 32.2 Å². The number of nitrogens with one attached hydrogen (secondary N) is 3. The monoisotopic (exact) mass is 554 g/mol. The maximum atomic E-state index is 13.0. The van der Waals surface area contributed by atoms with Gasteiger partial charge in [-0.25, -0.2) is 14.4 Å². The molecule has 6 amide bonds. The van der Waals surface area contributed by atoms with Gasteiger partial charge in [-0.3, -0.25) is 9.59 Å². The molecule has 1 fully saturated rings. The highest BCUT2D eigenvalue weighted by molar-refractivity contribution is 6.01. The van der Waals surface area contributed by atoms with Crippen molar-refractivity contribution in [2.75, 3.05) is 43.9 Å². The molecule has 2 aromatic carbocycles. The second kappa shape index (κ2) is 13.8. The molecule has 1 aliphatic heterocycles. The first-order chi connectivity index (χ1) is 19.1. The number of nitrogens with two attached hydrogens (primary N) is 1. The molecule has 214 valence electrons. The molecule has 1 unspecified atom stereocenters. The van der Waals surface area contributed by atoms with Gasteiger partial charge in [0.05, 0.1) is 25.6 Å². The van der Waals surface area contributed by atoms with Crippen molar-refractivity contribution < 1.29 is 33.8 Å². The minimum absolute atomic E-state index is 0.0813. The molecular weight excluding hydrogens is 520 g/mol. The second-order valence-corrected chi connectivity index (χ2v) is 9.34. The first-order valence-electron chi connectivity index (χ1n) is 12.7. The minimum Gasteiger partial charge on any atom is -0.495 e. The predicted octanol–water partition coefficient (Wildman–Crippen LogP) is 1.76. The quantitative estimate of drug-likeness (QED) is 0.313.